The summed E-state index contributed by atoms with van der Waals surface area (Å²) in [6.45, 7) is 5.16. The number of aromatic amines is 1. The van der Waals surface area contributed by atoms with Gasteiger partial charge in [-0.15, -0.1) is 0 Å². The number of nitrogens with one attached hydrogen (secondary N) is 2. The minimum atomic E-state index is 0.447. The highest BCUT2D eigenvalue weighted by atomic mass is 16.5. The molecule has 6 nitrogen and oxygen atoms in total. The maximum absolute atomic E-state index is 6.06. The van der Waals surface area contributed by atoms with Crippen molar-refractivity contribution in [3.63, 3.8) is 0 Å². The molecule has 1 aliphatic carbocycles. The summed E-state index contributed by atoms with van der Waals surface area (Å²) in [6.07, 6.45) is 8.12. The molecule has 2 N–H and O–H groups in total. The molecule has 0 unspecified atom stereocenters. The van der Waals surface area contributed by atoms with Crippen molar-refractivity contribution in [1.29, 1.82) is 0 Å². The van der Waals surface area contributed by atoms with E-state index in [0.29, 0.717) is 17.9 Å². The van der Waals surface area contributed by atoms with Gasteiger partial charge in [0, 0.05) is 48.0 Å². The molecule has 0 amide bonds. The molecule has 31 heavy (non-hydrogen) atoms. The number of fused-ring (bicyclic) bond motifs is 1. The minimum Gasteiger partial charge on any atom is -0.493 e. The van der Waals surface area contributed by atoms with E-state index in [0.717, 1.165) is 53.2 Å². The van der Waals surface area contributed by atoms with E-state index in [1.165, 1.54) is 5.56 Å². The molecule has 1 aliphatic rings. The average molecular weight is 416 g/mol. The molecule has 0 spiro atoms. The van der Waals surface area contributed by atoms with Crippen LogP contribution in [0.15, 0.2) is 55.0 Å². The zero-order valence-electron chi connectivity index (χ0n) is 18.3. The van der Waals surface area contributed by atoms with Crippen LogP contribution in [-0.2, 0) is 7.05 Å². The predicted molar refractivity (Wildman–Crippen MR) is 124 cm³/mol. The number of rotatable bonds is 8. The van der Waals surface area contributed by atoms with Gasteiger partial charge in [-0.25, -0.2) is 0 Å². The summed E-state index contributed by atoms with van der Waals surface area (Å²) in [5.41, 5.74) is 5.38. The Bertz CT molecular complexity index is 1190. The van der Waals surface area contributed by atoms with Crippen molar-refractivity contribution in [3.05, 3.63) is 60.6 Å². The number of anilines is 1. The van der Waals surface area contributed by atoms with Crippen LogP contribution in [0.4, 0.5) is 5.69 Å². The van der Waals surface area contributed by atoms with Gasteiger partial charge in [-0.1, -0.05) is 19.9 Å². The van der Waals surface area contributed by atoms with E-state index >= 15 is 0 Å². The molecule has 6 heteroatoms. The van der Waals surface area contributed by atoms with Crippen LogP contribution >= 0.6 is 0 Å². The first-order chi connectivity index (χ1) is 15.1. The Hall–Kier alpha value is -3.28. The molecule has 1 aromatic carbocycles. The van der Waals surface area contributed by atoms with E-state index in [-0.39, 0.29) is 0 Å². The van der Waals surface area contributed by atoms with Gasteiger partial charge < -0.3 is 15.0 Å². The summed E-state index contributed by atoms with van der Waals surface area (Å²) in [6, 6.07) is 12.9. The van der Waals surface area contributed by atoms with Gasteiger partial charge in [0.25, 0.3) is 0 Å². The van der Waals surface area contributed by atoms with Crippen molar-refractivity contribution in [2.24, 2.45) is 13.0 Å². The van der Waals surface area contributed by atoms with Crippen LogP contribution in [0.2, 0.25) is 0 Å². The normalized spacial score (nSPS) is 17.9. The summed E-state index contributed by atoms with van der Waals surface area (Å²) < 4.78 is 7.93. The van der Waals surface area contributed by atoms with Gasteiger partial charge in [-0.3, -0.25) is 9.67 Å². The Labute approximate surface area is 182 Å². The van der Waals surface area contributed by atoms with Crippen LogP contribution in [-0.4, -0.2) is 32.4 Å². The quantitative estimate of drug-likeness (QED) is 0.407. The van der Waals surface area contributed by atoms with E-state index in [2.05, 4.69) is 58.6 Å². The van der Waals surface area contributed by atoms with Gasteiger partial charge in [-0.05, 0) is 54.7 Å². The van der Waals surface area contributed by atoms with Crippen molar-refractivity contribution < 1.29 is 4.74 Å². The van der Waals surface area contributed by atoms with E-state index in [9.17, 15) is 0 Å². The van der Waals surface area contributed by atoms with E-state index in [1.54, 1.807) is 0 Å². The first-order valence-corrected chi connectivity index (χ1v) is 11.0. The first kappa shape index (κ1) is 19.7. The zero-order valence-corrected chi connectivity index (χ0v) is 18.3. The molecular formula is C25H29N5O. The number of hydrogen-bond donors (Lipinski definition) is 2. The molecule has 0 saturated heterocycles. The maximum Gasteiger partial charge on any atom is 0.128 e. The summed E-state index contributed by atoms with van der Waals surface area (Å²) >= 11 is 0. The molecule has 1 fully saturated rings. The number of pyridine rings is 1. The summed E-state index contributed by atoms with van der Waals surface area (Å²) in [5, 5.41) is 9.04. The number of hydrogen-bond acceptors (Lipinski definition) is 4. The molecule has 0 bridgehead atoms. The Morgan fingerprint density at radius 3 is 2.97 bits per heavy atom. The Morgan fingerprint density at radius 1 is 1.26 bits per heavy atom. The van der Waals surface area contributed by atoms with Crippen LogP contribution in [0.5, 0.6) is 5.75 Å². The standard InChI is InChI=1S/C25H29N5O/c1-16(2)8-10-31-25-6-4-5-21-20(25)13-24(29-21)23-11-18(7-9-26-23)28-22-12-19(22)17-14-27-30(3)15-17/h4-7,9,11,13-16,19,22,29H,8,10,12H2,1-3H3,(H,26,28)/t19-,22+/m0/s1. The first-order valence-electron chi connectivity index (χ1n) is 11.0. The summed E-state index contributed by atoms with van der Waals surface area (Å²) in [7, 11) is 1.96. The number of benzene rings is 1. The molecular weight excluding hydrogens is 386 g/mol. The predicted octanol–water partition coefficient (Wildman–Crippen LogP) is 5.36. The number of nitrogens with zero attached hydrogens (tertiary/aromatic N) is 3. The molecule has 0 radical (unpaired) electrons. The van der Waals surface area contributed by atoms with E-state index in [1.807, 2.05) is 42.3 Å². The van der Waals surface area contributed by atoms with E-state index < -0.39 is 0 Å². The lowest BCUT2D eigenvalue weighted by Crippen LogP contribution is -2.04. The smallest absolute Gasteiger partial charge is 0.128 e. The van der Waals surface area contributed by atoms with Crippen molar-refractivity contribution in [2.75, 3.05) is 11.9 Å². The number of ether oxygens (including phenoxy) is 1. The van der Waals surface area contributed by atoms with Crippen LogP contribution < -0.4 is 10.1 Å². The fourth-order valence-electron chi connectivity index (χ4n) is 4.03. The molecule has 1 saturated carbocycles. The number of H-pyrrole nitrogens is 1. The number of aryl methyl sites for hydroxylation is 1. The van der Waals surface area contributed by atoms with Gasteiger partial charge in [0.05, 0.1) is 24.2 Å². The lowest BCUT2D eigenvalue weighted by Gasteiger charge is -2.08. The minimum absolute atomic E-state index is 0.447. The third kappa shape index (κ3) is 4.29. The lowest BCUT2D eigenvalue weighted by atomic mass is 10.1. The molecule has 4 aromatic rings. The fourth-order valence-corrected chi connectivity index (χ4v) is 4.03. The van der Waals surface area contributed by atoms with Crippen molar-refractivity contribution in [2.45, 2.75) is 38.6 Å². The second-order valence-corrected chi connectivity index (χ2v) is 8.90. The highest BCUT2D eigenvalue weighted by Gasteiger charge is 2.39. The topological polar surface area (TPSA) is 67.8 Å². The molecule has 160 valence electrons. The fraction of sp³-hybridized carbons (Fsp3) is 0.360. The Morgan fingerprint density at radius 2 is 2.16 bits per heavy atom. The van der Waals surface area contributed by atoms with Crippen LogP contribution in [0, 0.1) is 5.92 Å². The largest absolute Gasteiger partial charge is 0.493 e. The van der Waals surface area contributed by atoms with E-state index in [4.69, 9.17) is 4.74 Å². The maximum atomic E-state index is 6.06. The lowest BCUT2D eigenvalue weighted by molar-refractivity contribution is 0.292. The van der Waals surface area contributed by atoms with Crippen LogP contribution in [0.3, 0.4) is 0 Å². The van der Waals surface area contributed by atoms with Crippen molar-refractivity contribution in [3.8, 4) is 17.1 Å². The average Bonchev–Trinajstić information content (AvgIpc) is 3.16. The van der Waals surface area contributed by atoms with Crippen molar-refractivity contribution >= 4 is 16.6 Å². The van der Waals surface area contributed by atoms with Gasteiger partial charge in [0.2, 0.25) is 0 Å². The number of aromatic nitrogens is 4. The Kier molecular flexibility index (Phi) is 5.14. The summed E-state index contributed by atoms with van der Waals surface area (Å²) in [5.74, 6) is 2.08. The monoisotopic (exact) mass is 415 g/mol. The molecule has 0 aliphatic heterocycles. The second kappa shape index (κ2) is 8.10. The van der Waals surface area contributed by atoms with Gasteiger partial charge >= 0.3 is 0 Å². The molecule has 3 aromatic heterocycles. The zero-order chi connectivity index (χ0) is 21.4. The second-order valence-electron chi connectivity index (χ2n) is 8.90. The highest BCUT2D eigenvalue weighted by molar-refractivity contribution is 5.90. The van der Waals surface area contributed by atoms with Crippen LogP contribution in [0.25, 0.3) is 22.3 Å². The molecule has 5 rings (SSSR count). The van der Waals surface area contributed by atoms with Crippen molar-refractivity contribution in [1.82, 2.24) is 19.7 Å². The van der Waals surface area contributed by atoms with Gasteiger partial charge in [0.15, 0.2) is 0 Å². The SMILES string of the molecule is CC(C)CCOc1cccc2[nH]c(-c3cc(N[C@@H]4C[C@H]4c4cnn(C)c4)ccn3)cc12. The third-order valence-electron chi connectivity index (χ3n) is 5.91. The van der Waals surface area contributed by atoms with Crippen LogP contribution in [0.1, 0.15) is 38.2 Å². The Balaban J connectivity index is 1.32. The summed E-state index contributed by atoms with van der Waals surface area (Å²) in [4.78, 5) is 8.11. The molecule has 3 heterocycles. The third-order valence-corrected chi connectivity index (χ3v) is 5.91. The van der Waals surface area contributed by atoms with Gasteiger partial charge in [0.1, 0.15) is 5.75 Å². The highest BCUT2D eigenvalue weighted by Crippen LogP contribution is 2.42. The van der Waals surface area contributed by atoms with Gasteiger partial charge in [-0.2, -0.15) is 5.10 Å². The molecule has 2 atom stereocenters.